The monoisotopic (exact) mass is 225 g/mol. The molecule has 3 N–H and O–H groups in total. The summed E-state index contributed by atoms with van der Waals surface area (Å²) in [5.41, 5.74) is 5.95. The Bertz CT molecular complexity index is 249. The number of hydrogen-bond acceptors (Lipinski definition) is 2. The standard InChI is InChI=1S/C12H23N3O/c1-9-5-7-15(8-6-9)12(16)14-11-4-2-3-10(11)13/h9-11H,2-8,13H2,1H3,(H,14,16). The molecule has 0 spiro atoms. The van der Waals surface area contributed by atoms with Crippen molar-refractivity contribution in [2.24, 2.45) is 11.7 Å². The number of amides is 2. The Labute approximate surface area is 97.6 Å². The summed E-state index contributed by atoms with van der Waals surface area (Å²) < 4.78 is 0. The van der Waals surface area contributed by atoms with E-state index in [0.717, 1.165) is 51.1 Å². The topological polar surface area (TPSA) is 58.4 Å². The van der Waals surface area contributed by atoms with Crippen LogP contribution in [0.4, 0.5) is 4.79 Å². The average molecular weight is 225 g/mol. The van der Waals surface area contributed by atoms with Gasteiger partial charge in [0.1, 0.15) is 0 Å². The van der Waals surface area contributed by atoms with Gasteiger partial charge in [0, 0.05) is 25.2 Å². The van der Waals surface area contributed by atoms with E-state index in [9.17, 15) is 4.79 Å². The highest BCUT2D eigenvalue weighted by Crippen LogP contribution is 2.19. The molecule has 2 atom stereocenters. The second-order valence-corrected chi connectivity index (χ2v) is 5.32. The fourth-order valence-electron chi connectivity index (χ4n) is 2.63. The number of carbonyl (C=O) groups excluding carboxylic acids is 1. The predicted octanol–water partition coefficient (Wildman–Crippen LogP) is 1.31. The van der Waals surface area contributed by atoms with Gasteiger partial charge < -0.3 is 16.0 Å². The normalized spacial score (nSPS) is 31.8. The van der Waals surface area contributed by atoms with Gasteiger partial charge in [-0.15, -0.1) is 0 Å². The molecule has 0 bridgehead atoms. The maximum Gasteiger partial charge on any atom is 0.317 e. The van der Waals surface area contributed by atoms with Crippen molar-refractivity contribution < 1.29 is 4.79 Å². The van der Waals surface area contributed by atoms with Crippen LogP contribution >= 0.6 is 0 Å². The highest BCUT2D eigenvalue weighted by molar-refractivity contribution is 5.74. The fourth-order valence-corrected chi connectivity index (χ4v) is 2.63. The van der Waals surface area contributed by atoms with E-state index in [-0.39, 0.29) is 18.1 Å². The smallest absolute Gasteiger partial charge is 0.317 e. The zero-order chi connectivity index (χ0) is 11.5. The second-order valence-electron chi connectivity index (χ2n) is 5.32. The summed E-state index contributed by atoms with van der Waals surface area (Å²) in [6.45, 7) is 4.05. The van der Waals surface area contributed by atoms with E-state index in [2.05, 4.69) is 12.2 Å². The molecule has 4 heteroatoms. The van der Waals surface area contributed by atoms with Crippen molar-refractivity contribution in [2.45, 2.75) is 51.1 Å². The molecule has 1 aliphatic carbocycles. The zero-order valence-electron chi connectivity index (χ0n) is 10.1. The first-order valence-electron chi connectivity index (χ1n) is 6.48. The summed E-state index contributed by atoms with van der Waals surface area (Å²) in [6.07, 6.45) is 5.48. The lowest BCUT2D eigenvalue weighted by molar-refractivity contribution is 0.170. The third-order valence-corrected chi connectivity index (χ3v) is 3.95. The van der Waals surface area contributed by atoms with E-state index in [0.29, 0.717) is 0 Å². The summed E-state index contributed by atoms with van der Waals surface area (Å²) in [5.74, 6) is 0.762. The third kappa shape index (κ3) is 2.67. The Morgan fingerprint density at radius 3 is 2.50 bits per heavy atom. The van der Waals surface area contributed by atoms with Gasteiger partial charge in [-0.3, -0.25) is 0 Å². The van der Waals surface area contributed by atoms with Gasteiger partial charge in [-0.1, -0.05) is 6.92 Å². The summed E-state index contributed by atoms with van der Waals surface area (Å²) in [5, 5.41) is 3.08. The lowest BCUT2D eigenvalue weighted by Crippen LogP contribution is -2.51. The number of nitrogens with two attached hydrogens (primary N) is 1. The van der Waals surface area contributed by atoms with E-state index in [1.807, 2.05) is 4.90 Å². The van der Waals surface area contributed by atoms with Crippen LogP contribution in [0.15, 0.2) is 0 Å². The molecule has 1 saturated heterocycles. The predicted molar refractivity (Wildman–Crippen MR) is 64.1 cm³/mol. The van der Waals surface area contributed by atoms with Crippen LogP contribution in [0.25, 0.3) is 0 Å². The van der Waals surface area contributed by atoms with E-state index in [4.69, 9.17) is 5.73 Å². The Kier molecular flexibility index (Phi) is 3.69. The quantitative estimate of drug-likeness (QED) is 0.707. The summed E-state index contributed by atoms with van der Waals surface area (Å²) in [6, 6.07) is 0.453. The van der Waals surface area contributed by atoms with Gasteiger partial charge in [-0.2, -0.15) is 0 Å². The minimum absolute atomic E-state index is 0.0919. The third-order valence-electron chi connectivity index (χ3n) is 3.95. The highest BCUT2D eigenvalue weighted by Gasteiger charge is 2.28. The van der Waals surface area contributed by atoms with E-state index >= 15 is 0 Å². The van der Waals surface area contributed by atoms with Gasteiger partial charge in [-0.05, 0) is 38.0 Å². The number of hydrogen-bond donors (Lipinski definition) is 2. The largest absolute Gasteiger partial charge is 0.334 e. The molecule has 4 nitrogen and oxygen atoms in total. The van der Waals surface area contributed by atoms with E-state index in [1.165, 1.54) is 0 Å². The SMILES string of the molecule is CC1CCN(C(=O)NC2CCCC2N)CC1. The molecule has 0 aromatic rings. The molecule has 0 radical (unpaired) electrons. The number of rotatable bonds is 1. The molecule has 2 fully saturated rings. The summed E-state index contributed by atoms with van der Waals surface area (Å²) >= 11 is 0. The number of piperidine rings is 1. The second kappa shape index (κ2) is 5.04. The van der Waals surface area contributed by atoms with Crippen LogP contribution in [0.5, 0.6) is 0 Å². The summed E-state index contributed by atoms with van der Waals surface area (Å²) in [4.78, 5) is 13.9. The van der Waals surface area contributed by atoms with Crippen LogP contribution in [0.1, 0.15) is 39.0 Å². The lowest BCUT2D eigenvalue weighted by atomic mass is 9.99. The first kappa shape index (κ1) is 11.7. The fraction of sp³-hybridized carbons (Fsp3) is 0.917. The Morgan fingerprint density at radius 1 is 1.25 bits per heavy atom. The number of nitrogens with one attached hydrogen (secondary N) is 1. The van der Waals surface area contributed by atoms with Gasteiger partial charge in [-0.25, -0.2) is 4.79 Å². The first-order chi connectivity index (χ1) is 7.66. The van der Waals surface area contributed by atoms with Crippen LogP contribution < -0.4 is 11.1 Å². The van der Waals surface area contributed by atoms with Crippen LogP contribution in [-0.4, -0.2) is 36.1 Å². The van der Waals surface area contributed by atoms with E-state index < -0.39 is 0 Å². The molecular formula is C12H23N3O. The summed E-state index contributed by atoms with van der Waals surface area (Å²) in [7, 11) is 0. The van der Waals surface area contributed by atoms with Gasteiger partial charge in [0.15, 0.2) is 0 Å². The minimum Gasteiger partial charge on any atom is -0.334 e. The minimum atomic E-state index is 0.0919. The van der Waals surface area contributed by atoms with Crippen LogP contribution in [-0.2, 0) is 0 Å². The van der Waals surface area contributed by atoms with Crippen molar-refractivity contribution in [3.05, 3.63) is 0 Å². The van der Waals surface area contributed by atoms with Crippen molar-refractivity contribution >= 4 is 6.03 Å². The number of nitrogens with zero attached hydrogens (tertiary/aromatic N) is 1. The molecule has 2 rings (SSSR count). The maximum absolute atomic E-state index is 12.0. The number of carbonyl (C=O) groups is 1. The molecule has 1 aliphatic heterocycles. The lowest BCUT2D eigenvalue weighted by Gasteiger charge is -2.31. The van der Waals surface area contributed by atoms with E-state index in [1.54, 1.807) is 0 Å². The maximum atomic E-state index is 12.0. The molecule has 0 aromatic carbocycles. The van der Waals surface area contributed by atoms with Gasteiger partial charge in [0.25, 0.3) is 0 Å². The van der Waals surface area contributed by atoms with Gasteiger partial charge in [0.2, 0.25) is 0 Å². The molecule has 2 amide bonds. The van der Waals surface area contributed by atoms with Crippen LogP contribution in [0.3, 0.4) is 0 Å². The average Bonchev–Trinajstić information content (AvgIpc) is 2.65. The van der Waals surface area contributed by atoms with Crippen LogP contribution in [0.2, 0.25) is 0 Å². The highest BCUT2D eigenvalue weighted by atomic mass is 16.2. The molecule has 16 heavy (non-hydrogen) atoms. The van der Waals surface area contributed by atoms with Crippen molar-refractivity contribution in [3.8, 4) is 0 Å². The molecule has 1 saturated carbocycles. The van der Waals surface area contributed by atoms with Crippen molar-refractivity contribution in [1.82, 2.24) is 10.2 Å². The van der Waals surface area contributed by atoms with Crippen LogP contribution in [0, 0.1) is 5.92 Å². The molecule has 92 valence electrons. The van der Waals surface area contributed by atoms with Crippen molar-refractivity contribution in [3.63, 3.8) is 0 Å². The van der Waals surface area contributed by atoms with Gasteiger partial charge >= 0.3 is 6.03 Å². The number of urea groups is 1. The molecule has 1 heterocycles. The Morgan fingerprint density at radius 2 is 1.94 bits per heavy atom. The van der Waals surface area contributed by atoms with Gasteiger partial charge in [0.05, 0.1) is 0 Å². The molecular weight excluding hydrogens is 202 g/mol. The zero-order valence-corrected chi connectivity index (χ0v) is 10.1. The molecule has 2 aliphatic rings. The Balaban J connectivity index is 1.79. The van der Waals surface area contributed by atoms with Crippen molar-refractivity contribution in [1.29, 1.82) is 0 Å². The molecule has 0 aromatic heterocycles. The van der Waals surface area contributed by atoms with Crippen molar-refractivity contribution in [2.75, 3.05) is 13.1 Å². The first-order valence-corrected chi connectivity index (χ1v) is 6.48. The number of likely N-dealkylation sites (tertiary alicyclic amines) is 1. The molecule has 2 unspecified atom stereocenters. The Hall–Kier alpha value is -0.770.